The molecule has 0 heterocycles. The molecule has 0 spiro atoms. The van der Waals surface area contributed by atoms with Gasteiger partial charge in [-0.25, -0.2) is 0 Å². The van der Waals surface area contributed by atoms with Crippen molar-refractivity contribution in [1.29, 1.82) is 5.26 Å². The maximum absolute atomic E-state index is 12.6. The molecule has 0 saturated carbocycles. The number of amides is 1. The third-order valence-electron chi connectivity index (χ3n) is 4.93. The summed E-state index contributed by atoms with van der Waals surface area (Å²) in [6.45, 7) is 2.14. The van der Waals surface area contributed by atoms with Crippen LogP contribution in [-0.2, 0) is 11.4 Å². The fourth-order valence-electron chi connectivity index (χ4n) is 3.02. The van der Waals surface area contributed by atoms with Gasteiger partial charge in [0.05, 0.1) is 14.2 Å². The Morgan fingerprint density at radius 2 is 1.82 bits per heavy atom. The number of hydrogen-bond donors (Lipinski definition) is 1. The Balaban J connectivity index is 1.75. The van der Waals surface area contributed by atoms with E-state index in [0.29, 0.717) is 34.4 Å². The molecule has 33 heavy (non-hydrogen) atoms. The van der Waals surface area contributed by atoms with E-state index in [0.717, 1.165) is 16.9 Å². The highest BCUT2D eigenvalue weighted by Crippen LogP contribution is 2.30. The van der Waals surface area contributed by atoms with Gasteiger partial charge in [0.2, 0.25) is 0 Å². The highest BCUT2D eigenvalue weighted by atomic mass is 35.5. The number of hydrogen-bond acceptors (Lipinski definition) is 5. The normalized spacial score (nSPS) is 10.8. The largest absolute Gasteiger partial charge is 0.497 e. The average molecular weight is 463 g/mol. The number of halogens is 1. The molecule has 3 rings (SSSR count). The number of benzene rings is 3. The first-order valence-corrected chi connectivity index (χ1v) is 10.4. The summed E-state index contributed by atoms with van der Waals surface area (Å²) in [6.07, 6.45) is 1.49. The quantitative estimate of drug-likeness (QED) is 0.338. The SMILES string of the molecule is COc1ccc(COc2ccc(/C=C(\C#N)C(=O)Nc3cccc(Cl)c3C)cc2OC)cc1. The summed E-state index contributed by atoms with van der Waals surface area (Å²) in [7, 11) is 3.15. The highest BCUT2D eigenvalue weighted by molar-refractivity contribution is 6.31. The number of carbonyl (C=O) groups excluding carboxylic acids is 1. The van der Waals surface area contributed by atoms with Crippen molar-refractivity contribution in [2.75, 3.05) is 19.5 Å². The molecule has 1 N–H and O–H groups in total. The summed E-state index contributed by atoms with van der Waals surface area (Å²) in [6, 6.07) is 19.9. The fourth-order valence-corrected chi connectivity index (χ4v) is 3.20. The number of nitrogens with one attached hydrogen (secondary N) is 1. The van der Waals surface area contributed by atoms with Crippen molar-refractivity contribution < 1.29 is 19.0 Å². The van der Waals surface area contributed by atoms with Crippen LogP contribution in [0.4, 0.5) is 5.69 Å². The lowest BCUT2D eigenvalue weighted by atomic mass is 10.1. The molecular weight excluding hydrogens is 440 g/mol. The molecule has 168 valence electrons. The van der Waals surface area contributed by atoms with Crippen molar-refractivity contribution in [3.63, 3.8) is 0 Å². The molecule has 0 aromatic heterocycles. The number of methoxy groups -OCH3 is 2. The average Bonchev–Trinajstić information content (AvgIpc) is 2.84. The highest BCUT2D eigenvalue weighted by Gasteiger charge is 2.13. The third kappa shape index (κ3) is 6.06. The molecule has 3 aromatic carbocycles. The predicted octanol–water partition coefficient (Wildman–Crippen LogP) is 5.79. The van der Waals surface area contributed by atoms with Crippen molar-refractivity contribution in [3.05, 3.63) is 87.9 Å². The zero-order valence-electron chi connectivity index (χ0n) is 18.5. The Kier molecular flexibility index (Phi) is 7.96. The van der Waals surface area contributed by atoms with Gasteiger partial charge in [-0.15, -0.1) is 0 Å². The maximum Gasteiger partial charge on any atom is 0.266 e. The van der Waals surface area contributed by atoms with E-state index in [2.05, 4.69) is 5.32 Å². The Morgan fingerprint density at radius 3 is 2.48 bits per heavy atom. The van der Waals surface area contributed by atoms with Gasteiger partial charge in [0.15, 0.2) is 11.5 Å². The second kappa shape index (κ2) is 11.1. The molecule has 0 unspecified atom stereocenters. The lowest BCUT2D eigenvalue weighted by Crippen LogP contribution is -2.14. The van der Waals surface area contributed by atoms with Crippen molar-refractivity contribution in [3.8, 4) is 23.3 Å². The maximum atomic E-state index is 12.6. The lowest BCUT2D eigenvalue weighted by Gasteiger charge is -2.12. The van der Waals surface area contributed by atoms with Crippen LogP contribution in [0.15, 0.2) is 66.2 Å². The van der Waals surface area contributed by atoms with Crippen molar-refractivity contribution in [1.82, 2.24) is 0 Å². The fraction of sp³-hybridized carbons (Fsp3) is 0.154. The van der Waals surface area contributed by atoms with Crippen molar-refractivity contribution in [2.45, 2.75) is 13.5 Å². The summed E-state index contributed by atoms with van der Waals surface area (Å²) in [4.78, 5) is 12.6. The van der Waals surface area contributed by atoms with Crippen LogP contribution < -0.4 is 19.5 Å². The summed E-state index contributed by atoms with van der Waals surface area (Å²) in [5, 5.41) is 12.8. The van der Waals surface area contributed by atoms with Crippen LogP contribution in [0, 0.1) is 18.3 Å². The molecule has 0 radical (unpaired) electrons. The van der Waals surface area contributed by atoms with Crippen LogP contribution in [0.25, 0.3) is 6.08 Å². The predicted molar refractivity (Wildman–Crippen MR) is 129 cm³/mol. The van der Waals surface area contributed by atoms with Crippen LogP contribution in [0.2, 0.25) is 5.02 Å². The minimum Gasteiger partial charge on any atom is -0.497 e. The van der Waals surface area contributed by atoms with E-state index in [1.807, 2.05) is 30.3 Å². The van der Waals surface area contributed by atoms with Crippen LogP contribution in [0.5, 0.6) is 17.2 Å². The molecule has 0 fully saturated rings. The van der Waals surface area contributed by atoms with Gasteiger partial charge in [-0.2, -0.15) is 5.26 Å². The molecule has 7 heteroatoms. The number of anilines is 1. The smallest absolute Gasteiger partial charge is 0.266 e. The van der Waals surface area contributed by atoms with Crippen LogP contribution in [-0.4, -0.2) is 20.1 Å². The zero-order valence-corrected chi connectivity index (χ0v) is 19.3. The van der Waals surface area contributed by atoms with Crippen LogP contribution in [0.3, 0.4) is 0 Å². The Morgan fingerprint density at radius 1 is 1.06 bits per heavy atom. The Labute approximate surface area is 198 Å². The molecule has 0 saturated heterocycles. The first-order valence-electron chi connectivity index (χ1n) is 10.1. The molecular formula is C26H23ClN2O4. The van der Waals surface area contributed by atoms with Crippen molar-refractivity contribution >= 4 is 29.3 Å². The zero-order chi connectivity index (χ0) is 23.8. The standard InChI is InChI=1S/C26H23ClN2O4/c1-17-22(27)5-4-6-23(17)29-26(30)20(15-28)13-19-9-12-24(25(14-19)32-3)33-16-18-7-10-21(31-2)11-8-18/h4-14H,16H2,1-3H3,(H,29,30)/b20-13+. The van der Waals surface area contributed by atoms with E-state index < -0.39 is 5.91 Å². The first kappa shape index (κ1) is 23.7. The molecule has 6 nitrogen and oxygen atoms in total. The first-order chi connectivity index (χ1) is 15.9. The molecule has 3 aromatic rings. The molecule has 0 atom stereocenters. The monoisotopic (exact) mass is 462 g/mol. The topological polar surface area (TPSA) is 80.6 Å². The second-order valence-electron chi connectivity index (χ2n) is 7.08. The van der Waals surface area contributed by atoms with Gasteiger partial charge in [0.25, 0.3) is 5.91 Å². The van der Waals surface area contributed by atoms with Crippen LogP contribution in [0.1, 0.15) is 16.7 Å². The van der Waals surface area contributed by atoms with Gasteiger partial charge in [-0.3, -0.25) is 4.79 Å². The van der Waals surface area contributed by atoms with E-state index in [1.165, 1.54) is 13.2 Å². The van der Waals surface area contributed by atoms with Gasteiger partial charge in [-0.1, -0.05) is 35.9 Å². The molecule has 0 aliphatic carbocycles. The molecule has 1 amide bonds. The van der Waals surface area contributed by atoms with E-state index in [1.54, 1.807) is 50.4 Å². The van der Waals surface area contributed by atoms with E-state index in [9.17, 15) is 10.1 Å². The Bertz CT molecular complexity index is 1210. The summed E-state index contributed by atoms with van der Waals surface area (Å²) < 4.78 is 16.5. The third-order valence-corrected chi connectivity index (χ3v) is 5.34. The molecule has 0 aliphatic heterocycles. The van der Waals surface area contributed by atoms with Gasteiger partial charge < -0.3 is 19.5 Å². The number of rotatable bonds is 8. The van der Waals surface area contributed by atoms with Crippen LogP contribution >= 0.6 is 11.6 Å². The summed E-state index contributed by atoms with van der Waals surface area (Å²) in [5.41, 5.74) is 2.82. The number of carbonyl (C=O) groups is 1. The lowest BCUT2D eigenvalue weighted by molar-refractivity contribution is -0.112. The van der Waals surface area contributed by atoms with Gasteiger partial charge >= 0.3 is 0 Å². The number of nitrogens with zero attached hydrogens (tertiary/aromatic N) is 1. The van der Waals surface area contributed by atoms with Gasteiger partial charge in [0.1, 0.15) is 24.0 Å². The number of nitriles is 1. The number of ether oxygens (including phenoxy) is 3. The minimum absolute atomic E-state index is 0.0525. The van der Waals surface area contributed by atoms with E-state index >= 15 is 0 Å². The van der Waals surface area contributed by atoms with Gasteiger partial charge in [0, 0.05) is 10.7 Å². The van der Waals surface area contributed by atoms with Crippen molar-refractivity contribution in [2.24, 2.45) is 0 Å². The summed E-state index contributed by atoms with van der Waals surface area (Å²) in [5.74, 6) is 1.28. The van der Waals surface area contributed by atoms with E-state index in [-0.39, 0.29) is 5.57 Å². The summed E-state index contributed by atoms with van der Waals surface area (Å²) >= 11 is 6.10. The Hall–Kier alpha value is -3.95. The second-order valence-corrected chi connectivity index (χ2v) is 7.49. The van der Waals surface area contributed by atoms with E-state index in [4.69, 9.17) is 25.8 Å². The molecule has 0 bridgehead atoms. The molecule has 0 aliphatic rings. The van der Waals surface area contributed by atoms with Gasteiger partial charge in [-0.05, 0) is 66.1 Å². The minimum atomic E-state index is -0.526.